The van der Waals surface area contributed by atoms with Gasteiger partial charge in [-0.2, -0.15) is 5.10 Å². The number of benzene rings is 1. The first-order chi connectivity index (χ1) is 15.6. The third kappa shape index (κ3) is 4.32. The van der Waals surface area contributed by atoms with Crippen molar-refractivity contribution in [3.05, 3.63) is 52.3 Å². The molecule has 8 heteroatoms. The molecular weight excluding hydrogens is 434 g/mol. The molecule has 1 aromatic rings. The van der Waals surface area contributed by atoms with E-state index < -0.39 is 11.6 Å². The number of likely N-dealkylation sites (tertiary alicyclic amines) is 1. The van der Waals surface area contributed by atoms with E-state index in [1.165, 1.54) is 26.0 Å². The molecule has 0 bridgehead atoms. The van der Waals surface area contributed by atoms with Gasteiger partial charge in [-0.3, -0.25) is 5.43 Å². The molecule has 0 radical (unpaired) electrons. The number of hydrogen-bond acceptors (Lipinski definition) is 5. The number of piperidine rings is 1. The van der Waals surface area contributed by atoms with E-state index in [0.717, 1.165) is 35.0 Å². The second-order valence-electron chi connectivity index (χ2n) is 8.40. The number of methoxy groups -OCH3 is 1. The Morgan fingerprint density at radius 3 is 2.47 bits per heavy atom. The SMILES string of the molecule is CC.COc1c(F)ccc(F)c1C1CCN(C2=C(Cl)C3NN=C(CC4CC4)N3C=C2)CC1. The molecule has 1 saturated heterocycles. The highest BCUT2D eigenvalue weighted by Gasteiger charge is 2.37. The molecule has 1 N–H and O–H groups in total. The zero-order valence-corrected chi connectivity index (χ0v) is 19.6. The number of fused-ring (bicyclic) bond motifs is 1. The van der Waals surface area contributed by atoms with Crippen LogP contribution in [0.25, 0.3) is 0 Å². The van der Waals surface area contributed by atoms with E-state index in [1.54, 1.807) is 0 Å². The number of amidine groups is 1. The Morgan fingerprint density at radius 2 is 1.81 bits per heavy atom. The van der Waals surface area contributed by atoms with Crippen molar-refractivity contribution in [2.75, 3.05) is 20.2 Å². The highest BCUT2D eigenvalue weighted by atomic mass is 35.5. The van der Waals surface area contributed by atoms with E-state index in [2.05, 4.69) is 26.5 Å². The van der Waals surface area contributed by atoms with Crippen molar-refractivity contribution in [3.8, 4) is 5.75 Å². The number of ether oxygens (including phenoxy) is 1. The van der Waals surface area contributed by atoms with E-state index in [0.29, 0.717) is 31.5 Å². The molecule has 1 aliphatic carbocycles. The van der Waals surface area contributed by atoms with Gasteiger partial charge in [-0.1, -0.05) is 25.4 Å². The van der Waals surface area contributed by atoms with Gasteiger partial charge in [0.25, 0.3) is 0 Å². The number of nitrogens with zero attached hydrogens (tertiary/aromatic N) is 3. The van der Waals surface area contributed by atoms with Crippen molar-refractivity contribution in [1.82, 2.24) is 15.2 Å². The van der Waals surface area contributed by atoms with Crippen molar-refractivity contribution in [2.24, 2.45) is 11.0 Å². The fraction of sp³-hybridized carbons (Fsp3) is 0.542. The summed E-state index contributed by atoms with van der Waals surface area (Å²) in [6.07, 6.45) is 8.88. The first-order valence-corrected chi connectivity index (χ1v) is 11.9. The molecule has 3 heterocycles. The van der Waals surface area contributed by atoms with Crippen molar-refractivity contribution < 1.29 is 13.5 Å². The third-order valence-electron chi connectivity index (χ3n) is 6.48. The molecule has 1 atom stereocenters. The van der Waals surface area contributed by atoms with Crippen LogP contribution < -0.4 is 10.2 Å². The Hall–Kier alpha value is -2.28. The summed E-state index contributed by atoms with van der Waals surface area (Å²) in [6.45, 7) is 5.42. The molecule has 1 aromatic carbocycles. The van der Waals surface area contributed by atoms with Crippen LogP contribution in [0.3, 0.4) is 0 Å². The number of nitrogens with one attached hydrogen (secondary N) is 1. The Labute approximate surface area is 193 Å². The smallest absolute Gasteiger partial charge is 0.165 e. The lowest BCUT2D eigenvalue weighted by molar-refractivity contribution is 0.255. The van der Waals surface area contributed by atoms with Gasteiger partial charge in [0.1, 0.15) is 11.7 Å². The van der Waals surface area contributed by atoms with Crippen LogP contribution in [0.4, 0.5) is 8.78 Å². The molecule has 0 spiro atoms. The highest BCUT2D eigenvalue weighted by molar-refractivity contribution is 6.31. The van der Waals surface area contributed by atoms with E-state index in [1.807, 2.05) is 19.9 Å². The molecular formula is C24H31ClF2N4O. The quantitative estimate of drug-likeness (QED) is 0.624. The van der Waals surface area contributed by atoms with E-state index in [-0.39, 0.29) is 17.8 Å². The number of rotatable bonds is 5. The van der Waals surface area contributed by atoms with Gasteiger partial charge in [-0.25, -0.2) is 8.78 Å². The van der Waals surface area contributed by atoms with Crippen molar-refractivity contribution in [2.45, 2.75) is 58.0 Å². The van der Waals surface area contributed by atoms with Gasteiger partial charge in [0.15, 0.2) is 17.7 Å². The predicted molar refractivity (Wildman–Crippen MR) is 123 cm³/mol. The maximum absolute atomic E-state index is 14.5. The monoisotopic (exact) mass is 464 g/mol. The fourth-order valence-corrected chi connectivity index (χ4v) is 5.00. The van der Waals surface area contributed by atoms with Gasteiger partial charge in [-0.15, -0.1) is 0 Å². The molecule has 2 fully saturated rings. The number of allylic oxidation sites excluding steroid dienone is 1. The minimum absolute atomic E-state index is 0.0226. The standard InChI is InChI=1S/C22H25ClF2N4O.C2H6/c1-30-21-16(25)5-4-15(24)19(21)14-6-9-28(10-7-14)17-8-11-29-18(12-13-2-3-13)26-27-22(29)20(17)23;1-2/h4-5,8,11,13-14,22,27H,2-3,6-7,9-10,12H2,1H3;1-2H3. The van der Waals surface area contributed by atoms with Crippen LogP contribution in [-0.2, 0) is 0 Å². The molecule has 0 amide bonds. The Kier molecular flexibility index (Phi) is 6.93. The molecule has 174 valence electrons. The first kappa shape index (κ1) is 22.9. The van der Waals surface area contributed by atoms with Gasteiger partial charge < -0.3 is 14.5 Å². The number of hydrazone groups is 1. The van der Waals surface area contributed by atoms with Crippen LogP contribution in [0, 0.1) is 17.6 Å². The Balaban J connectivity index is 0.00000119. The average molecular weight is 465 g/mol. The number of halogens is 3. The molecule has 1 saturated carbocycles. The second-order valence-corrected chi connectivity index (χ2v) is 8.81. The van der Waals surface area contributed by atoms with Gasteiger partial charge in [0, 0.05) is 31.3 Å². The normalized spacial score (nSPS) is 22.8. The molecule has 32 heavy (non-hydrogen) atoms. The van der Waals surface area contributed by atoms with E-state index in [9.17, 15) is 8.78 Å². The van der Waals surface area contributed by atoms with Crippen LogP contribution in [0.2, 0.25) is 0 Å². The minimum Gasteiger partial charge on any atom is -0.493 e. The van der Waals surface area contributed by atoms with Crippen LogP contribution in [-0.4, -0.2) is 42.0 Å². The number of hydrogen-bond donors (Lipinski definition) is 1. The van der Waals surface area contributed by atoms with Crippen molar-refractivity contribution in [1.29, 1.82) is 0 Å². The average Bonchev–Trinajstić information content (AvgIpc) is 3.55. The summed E-state index contributed by atoms with van der Waals surface area (Å²) >= 11 is 6.76. The van der Waals surface area contributed by atoms with Crippen molar-refractivity contribution in [3.63, 3.8) is 0 Å². The van der Waals surface area contributed by atoms with Gasteiger partial charge in [0.2, 0.25) is 0 Å². The van der Waals surface area contributed by atoms with Crippen LogP contribution in [0.5, 0.6) is 5.75 Å². The minimum atomic E-state index is -0.522. The van der Waals surface area contributed by atoms with Gasteiger partial charge in [0.05, 0.1) is 17.8 Å². The summed E-state index contributed by atoms with van der Waals surface area (Å²) in [5, 5.41) is 5.21. The topological polar surface area (TPSA) is 40.1 Å². The molecule has 1 unspecified atom stereocenters. The van der Waals surface area contributed by atoms with Crippen LogP contribution >= 0.6 is 11.6 Å². The molecule has 0 aromatic heterocycles. The maximum atomic E-state index is 14.5. The molecule has 5 rings (SSSR count). The predicted octanol–water partition coefficient (Wildman–Crippen LogP) is 5.50. The Bertz CT molecular complexity index is 936. The van der Waals surface area contributed by atoms with E-state index in [4.69, 9.17) is 16.3 Å². The largest absolute Gasteiger partial charge is 0.493 e. The molecule has 4 aliphatic rings. The van der Waals surface area contributed by atoms with Gasteiger partial charge in [-0.05, 0) is 55.7 Å². The van der Waals surface area contributed by atoms with Crippen LogP contribution in [0.1, 0.15) is 57.4 Å². The highest BCUT2D eigenvalue weighted by Crippen LogP contribution is 2.40. The third-order valence-corrected chi connectivity index (χ3v) is 6.88. The lowest BCUT2D eigenvalue weighted by Crippen LogP contribution is -2.42. The molecule has 3 aliphatic heterocycles. The lowest BCUT2D eigenvalue weighted by Gasteiger charge is -2.38. The summed E-state index contributed by atoms with van der Waals surface area (Å²) in [6, 6.07) is 2.30. The maximum Gasteiger partial charge on any atom is 0.165 e. The van der Waals surface area contributed by atoms with Gasteiger partial charge >= 0.3 is 0 Å². The van der Waals surface area contributed by atoms with Crippen LogP contribution in [0.15, 0.2) is 40.2 Å². The lowest BCUT2D eigenvalue weighted by atomic mass is 9.88. The second kappa shape index (κ2) is 9.69. The zero-order valence-electron chi connectivity index (χ0n) is 18.9. The first-order valence-electron chi connectivity index (χ1n) is 11.5. The Morgan fingerprint density at radius 1 is 1.12 bits per heavy atom. The summed E-state index contributed by atoms with van der Waals surface area (Å²) < 4.78 is 33.7. The molecule has 5 nitrogen and oxygen atoms in total. The summed E-state index contributed by atoms with van der Waals surface area (Å²) in [5.74, 6) is 0.798. The summed E-state index contributed by atoms with van der Waals surface area (Å²) in [7, 11) is 1.38. The summed E-state index contributed by atoms with van der Waals surface area (Å²) in [4.78, 5) is 4.33. The fourth-order valence-electron chi connectivity index (χ4n) is 4.66. The van der Waals surface area contributed by atoms with Crippen molar-refractivity contribution >= 4 is 17.4 Å². The summed E-state index contributed by atoms with van der Waals surface area (Å²) in [5.41, 5.74) is 4.48. The van der Waals surface area contributed by atoms with E-state index >= 15 is 0 Å². The zero-order chi connectivity index (χ0) is 22.8.